The maximum Gasteiger partial charge on any atom is 0.305 e. The lowest BCUT2D eigenvalue weighted by Crippen LogP contribution is -2.26. The van der Waals surface area contributed by atoms with Gasteiger partial charge in [0.25, 0.3) is 5.91 Å². The van der Waals surface area contributed by atoms with Gasteiger partial charge in [-0.1, -0.05) is 23.2 Å². The molecule has 0 aliphatic rings. The second kappa shape index (κ2) is 5.67. The highest BCUT2D eigenvalue weighted by atomic mass is 35.5. The average molecular weight is 263 g/mol. The molecule has 86 valence electrons. The van der Waals surface area contributed by atoms with Crippen LogP contribution in [0, 0.1) is 0 Å². The molecule has 0 aromatic carbocycles. The van der Waals surface area contributed by atoms with E-state index < -0.39 is 11.9 Å². The zero-order valence-corrected chi connectivity index (χ0v) is 9.55. The fraction of sp³-hybridized carbons (Fsp3) is 0.222. The molecule has 1 aromatic heterocycles. The fourth-order valence-corrected chi connectivity index (χ4v) is 1.39. The van der Waals surface area contributed by atoms with Crippen LogP contribution in [0.25, 0.3) is 0 Å². The largest absolute Gasteiger partial charge is 0.481 e. The van der Waals surface area contributed by atoms with Crippen molar-refractivity contribution in [3.8, 4) is 0 Å². The Kier molecular flexibility index (Phi) is 4.52. The summed E-state index contributed by atoms with van der Waals surface area (Å²) in [5.74, 6) is -1.46. The molecule has 0 fully saturated rings. The molecule has 0 radical (unpaired) electrons. The number of carbonyl (C=O) groups is 2. The Balaban J connectivity index is 2.63. The zero-order valence-electron chi connectivity index (χ0n) is 8.04. The summed E-state index contributed by atoms with van der Waals surface area (Å²) in [6.45, 7) is 0.0348. The van der Waals surface area contributed by atoms with E-state index in [2.05, 4.69) is 10.3 Å². The third kappa shape index (κ3) is 3.67. The zero-order chi connectivity index (χ0) is 12.1. The standard InChI is InChI=1S/C9H8Cl2N2O3/c10-6-2-1-5(8(11)13-6)9(16)12-4-3-7(14)15/h1-2H,3-4H2,(H,12,16)(H,14,15). The van der Waals surface area contributed by atoms with Gasteiger partial charge in [0.15, 0.2) is 0 Å². The van der Waals surface area contributed by atoms with E-state index in [0.29, 0.717) is 0 Å². The smallest absolute Gasteiger partial charge is 0.305 e. The van der Waals surface area contributed by atoms with E-state index >= 15 is 0 Å². The highest BCUT2D eigenvalue weighted by molar-refractivity contribution is 6.34. The monoisotopic (exact) mass is 262 g/mol. The van der Waals surface area contributed by atoms with Crippen molar-refractivity contribution in [2.75, 3.05) is 6.54 Å². The number of carboxylic acid groups (broad SMARTS) is 1. The van der Waals surface area contributed by atoms with Gasteiger partial charge in [-0.2, -0.15) is 0 Å². The molecule has 0 atom stereocenters. The van der Waals surface area contributed by atoms with Gasteiger partial charge < -0.3 is 10.4 Å². The lowest BCUT2D eigenvalue weighted by atomic mass is 10.2. The first-order valence-corrected chi connectivity index (χ1v) is 5.08. The van der Waals surface area contributed by atoms with E-state index in [1.807, 2.05) is 0 Å². The molecule has 0 aliphatic carbocycles. The van der Waals surface area contributed by atoms with Crippen molar-refractivity contribution in [2.24, 2.45) is 0 Å². The Hall–Kier alpha value is -1.33. The predicted molar refractivity (Wildman–Crippen MR) is 58.8 cm³/mol. The number of nitrogens with zero attached hydrogens (tertiary/aromatic N) is 1. The van der Waals surface area contributed by atoms with Crippen LogP contribution in [-0.2, 0) is 4.79 Å². The number of hydrogen-bond acceptors (Lipinski definition) is 3. The molecule has 0 spiro atoms. The molecule has 0 saturated carbocycles. The summed E-state index contributed by atoms with van der Waals surface area (Å²) in [5.41, 5.74) is 0.163. The maximum absolute atomic E-state index is 11.5. The van der Waals surface area contributed by atoms with Crippen molar-refractivity contribution < 1.29 is 14.7 Å². The minimum Gasteiger partial charge on any atom is -0.481 e. The first-order chi connectivity index (χ1) is 7.50. The van der Waals surface area contributed by atoms with Crippen molar-refractivity contribution in [3.05, 3.63) is 28.0 Å². The number of aromatic nitrogens is 1. The average Bonchev–Trinajstić information content (AvgIpc) is 2.16. The van der Waals surface area contributed by atoms with Gasteiger partial charge >= 0.3 is 5.97 Å². The summed E-state index contributed by atoms with van der Waals surface area (Å²) < 4.78 is 0. The number of carboxylic acids is 1. The van der Waals surface area contributed by atoms with Crippen LogP contribution in [0.4, 0.5) is 0 Å². The van der Waals surface area contributed by atoms with E-state index in [1.54, 1.807) is 0 Å². The topological polar surface area (TPSA) is 79.3 Å². The molecule has 1 heterocycles. The van der Waals surface area contributed by atoms with Crippen molar-refractivity contribution in [1.29, 1.82) is 0 Å². The van der Waals surface area contributed by atoms with Crippen LogP contribution in [0.15, 0.2) is 12.1 Å². The van der Waals surface area contributed by atoms with Gasteiger partial charge in [0.05, 0.1) is 12.0 Å². The molecule has 16 heavy (non-hydrogen) atoms. The van der Waals surface area contributed by atoms with Crippen LogP contribution < -0.4 is 5.32 Å². The Morgan fingerprint density at radius 1 is 1.38 bits per heavy atom. The Morgan fingerprint density at radius 3 is 2.62 bits per heavy atom. The molecule has 0 aliphatic heterocycles. The summed E-state index contributed by atoms with van der Waals surface area (Å²) in [4.78, 5) is 25.4. The predicted octanol–water partition coefficient (Wildman–Crippen LogP) is 1.59. The quantitative estimate of drug-likeness (QED) is 0.808. The second-order valence-corrected chi connectivity index (χ2v) is 3.62. The summed E-state index contributed by atoms with van der Waals surface area (Å²) in [7, 11) is 0. The molecule has 5 nitrogen and oxygen atoms in total. The van der Waals surface area contributed by atoms with Gasteiger partial charge in [-0.05, 0) is 12.1 Å². The number of pyridine rings is 1. The van der Waals surface area contributed by atoms with Crippen LogP contribution >= 0.6 is 23.2 Å². The summed E-state index contributed by atoms with van der Waals surface area (Å²) in [5, 5.41) is 11.0. The van der Waals surface area contributed by atoms with Crippen molar-refractivity contribution in [1.82, 2.24) is 10.3 Å². The molecule has 0 saturated heterocycles. The van der Waals surface area contributed by atoms with Crippen LogP contribution in [0.2, 0.25) is 10.3 Å². The minimum atomic E-state index is -0.986. The molecule has 0 unspecified atom stereocenters. The normalized spacial score (nSPS) is 9.88. The number of amides is 1. The van der Waals surface area contributed by atoms with Crippen LogP contribution in [0.3, 0.4) is 0 Å². The van der Waals surface area contributed by atoms with Crippen LogP contribution in [0.5, 0.6) is 0 Å². The Morgan fingerprint density at radius 2 is 2.06 bits per heavy atom. The van der Waals surface area contributed by atoms with Gasteiger partial charge in [-0.3, -0.25) is 9.59 Å². The summed E-state index contributed by atoms with van der Waals surface area (Å²) in [6.07, 6.45) is -0.148. The van der Waals surface area contributed by atoms with Gasteiger partial charge in [-0.15, -0.1) is 0 Å². The third-order valence-electron chi connectivity index (χ3n) is 1.68. The second-order valence-electron chi connectivity index (χ2n) is 2.87. The van der Waals surface area contributed by atoms with E-state index in [4.69, 9.17) is 28.3 Å². The molecular formula is C9H8Cl2N2O3. The highest BCUT2D eigenvalue weighted by Crippen LogP contribution is 2.16. The van der Waals surface area contributed by atoms with Gasteiger partial charge in [-0.25, -0.2) is 4.98 Å². The lowest BCUT2D eigenvalue weighted by Gasteiger charge is -2.04. The number of aliphatic carboxylic acids is 1. The van der Waals surface area contributed by atoms with E-state index in [-0.39, 0.29) is 28.8 Å². The molecular weight excluding hydrogens is 255 g/mol. The lowest BCUT2D eigenvalue weighted by molar-refractivity contribution is -0.136. The molecule has 1 amide bonds. The Bertz CT molecular complexity index is 423. The molecule has 2 N–H and O–H groups in total. The van der Waals surface area contributed by atoms with Crippen molar-refractivity contribution in [3.63, 3.8) is 0 Å². The van der Waals surface area contributed by atoms with Crippen molar-refractivity contribution >= 4 is 35.1 Å². The molecule has 7 heteroatoms. The Labute approximate surface area is 101 Å². The maximum atomic E-state index is 11.5. The molecule has 1 aromatic rings. The number of rotatable bonds is 4. The number of nitrogens with one attached hydrogen (secondary N) is 1. The SMILES string of the molecule is O=C(O)CCNC(=O)c1ccc(Cl)nc1Cl. The van der Waals surface area contributed by atoms with E-state index in [0.717, 1.165) is 0 Å². The van der Waals surface area contributed by atoms with Crippen LogP contribution in [-0.4, -0.2) is 28.5 Å². The fourth-order valence-electron chi connectivity index (χ4n) is 0.960. The van der Waals surface area contributed by atoms with Gasteiger partial charge in [0, 0.05) is 6.54 Å². The molecule has 1 rings (SSSR count). The molecule has 0 bridgehead atoms. The van der Waals surface area contributed by atoms with E-state index in [9.17, 15) is 9.59 Å². The summed E-state index contributed by atoms with van der Waals surface area (Å²) in [6, 6.07) is 2.85. The minimum absolute atomic E-state index is 0.0136. The van der Waals surface area contributed by atoms with Gasteiger partial charge in [0.2, 0.25) is 0 Å². The third-order valence-corrected chi connectivity index (χ3v) is 2.18. The van der Waals surface area contributed by atoms with Gasteiger partial charge in [0.1, 0.15) is 10.3 Å². The van der Waals surface area contributed by atoms with Crippen LogP contribution in [0.1, 0.15) is 16.8 Å². The first-order valence-electron chi connectivity index (χ1n) is 4.32. The highest BCUT2D eigenvalue weighted by Gasteiger charge is 2.11. The van der Waals surface area contributed by atoms with E-state index in [1.165, 1.54) is 12.1 Å². The summed E-state index contributed by atoms with van der Waals surface area (Å²) >= 11 is 11.3. The van der Waals surface area contributed by atoms with Crippen molar-refractivity contribution in [2.45, 2.75) is 6.42 Å². The first kappa shape index (κ1) is 12.7. The number of hydrogen-bond donors (Lipinski definition) is 2. The number of halogens is 2. The number of carbonyl (C=O) groups excluding carboxylic acids is 1.